The summed E-state index contributed by atoms with van der Waals surface area (Å²) in [6, 6.07) is 18.2. The van der Waals surface area contributed by atoms with Crippen molar-refractivity contribution in [3.05, 3.63) is 70.8 Å². The van der Waals surface area contributed by atoms with Gasteiger partial charge in [0, 0.05) is 18.9 Å². The molecule has 0 saturated heterocycles. The van der Waals surface area contributed by atoms with Gasteiger partial charge in [0.2, 0.25) is 0 Å². The van der Waals surface area contributed by atoms with Gasteiger partial charge in [-0.3, -0.25) is 0 Å². The smallest absolute Gasteiger partial charge is 0.180 e. The quantitative estimate of drug-likeness (QED) is 0.508. The van der Waals surface area contributed by atoms with Crippen LogP contribution in [0.15, 0.2) is 36.4 Å². The molecule has 0 fully saturated rings. The van der Waals surface area contributed by atoms with E-state index in [2.05, 4.69) is 52.0 Å². The minimum atomic E-state index is 0. The number of benzene rings is 2. The third-order valence-electron chi connectivity index (χ3n) is 2.67. The maximum atomic E-state index is 3.10. The van der Waals surface area contributed by atoms with Crippen molar-refractivity contribution in [2.24, 2.45) is 0 Å². The number of hydrogen-bond acceptors (Lipinski definition) is 0. The van der Waals surface area contributed by atoms with E-state index in [0.29, 0.717) is 0 Å². The first kappa shape index (κ1) is 19.9. The standard InChI is InChI=1S/2C8H9.Cu.Li/c2*1-7-5-3-4-6-8(7)2;;/h2*3-5H,1-2H3;;/q2*-1;+2;. The molecule has 0 heterocycles. The van der Waals surface area contributed by atoms with E-state index in [0.717, 1.165) is 0 Å². The van der Waals surface area contributed by atoms with Crippen LogP contribution in [0.5, 0.6) is 0 Å². The Hall–Kier alpha value is -0.443. The van der Waals surface area contributed by atoms with Crippen LogP contribution >= 0.6 is 0 Å². The molecule has 0 atom stereocenters. The van der Waals surface area contributed by atoms with Crippen LogP contribution in [0.2, 0.25) is 0 Å². The van der Waals surface area contributed by atoms with Gasteiger partial charge in [0.05, 0.1) is 0 Å². The first-order chi connectivity index (χ1) is 7.61. The topological polar surface area (TPSA) is 0 Å². The molecular weight excluding hydrogens is 263 g/mol. The molecule has 2 aromatic carbocycles. The molecule has 0 aliphatic heterocycles. The van der Waals surface area contributed by atoms with Crippen LogP contribution in [0.4, 0.5) is 0 Å². The van der Waals surface area contributed by atoms with Crippen molar-refractivity contribution in [1.29, 1.82) is 0 Å². The molecule has 0 nitrogen and oxygen atoms in total. The third kappa shape index (κ3) is 7.09. The van der Waals surface area contributed by atoms with Gasteiger partial charge < -0.3 is 0 Å². The monoisotopic (exact) mass is 280 g/mol. The van der Waals surface area contributed by atoms with E-state index in [1.165, 1.54) is 22.3 Å². The van der Waals surface area contributed by atoms with Gasteiger partial charge in [-0.2, -0.15) is 70.8 Å². The Labute approximate surface area is 134 Å². The van der Waals surface area contributed by atoms with Crippen molar-refractivity contribution in [2.45, 2.75) is 27.7 Å². The number of rotatable bonds is 0. The molecule has 2 rings (SSSR count). The average molecular weight is 281 g/mol. The first-order valence-electron chi connectivity index (χ1n) is 5.49. The second-order valence-corrected chi connectivity index (χ2v) is 3.96. The maximum Gasteiger partial charge on any atom is 2.00 e. The first-order valence-corrected chi connectivity index (χ1v) is 5.49. The summed E-state index contributed by atoms with van der Waals surface area (Å²) in [5.74, 6) is 0. The van der Waals surface area contributed by atoms with Crippen LogP contribution in [0.25, 0.3) is 0 Å². The summed E-state index contributed by atoms with van der Waals surface area (Å²) in [6.07, 6.45) is 0. The molecule has 2 aromatic rings. The number of aryl methyl sites for hydroxylation is 4. The van der Waals surface area contributed by atoms with Crippen molar-refractivity contribution in [3.8, 4) is 0 Å². The fraction of sp³-hybridized carbons (Fsp3) is 0.250. The van der Waals surface area contributed by atoms with Crippen molar-refractivity contribution < 1.29 is 17.1 Å². The van der Waals surface area contributed by atoms with E-state index in [-0.39, 0.29) is 35.9 Å². The SMILES string of the molecule is Cc1[c-]cccc1C.Cc1[c-]cccc1C.[Cu+2].[Li]. The Morgan fingerprint density at radius 2 is 1.06 bits per heavy atom. The zero-order chi connectivity index (χ0) is 12.0. The second kappa shape index (κ2) is 10.5. The summed E-state index contributed by atoms with van der Waals surface area (Å²) in [7, 11) is 0. The summed E-state index contributed by atoms with van der Waals surface area (Å²) in [4.78, 5) is 0. The summed E-state index contributed by atoms with van der Waals surface area (Å²) in [5.41, 5.74) is 5.11. The van der Waals surface area contributed by atoms with Gasteiger partial charge in [-0.25, -0.2) is 0 Å². The fourth-order valence-electron chi connectivity index (χ4n) is 1.21. The Kier molecular flexibility index (Phi) is 11.6. The molecule has 94 valence electrons. The van der Waals surface area contributed by atoms with Gasteiger partial charge in [0.1, 0.15) is 0 Å². The molecule has 0 aliphatic carbocycles. The maximum absolute atomic E-state index is 3.10. The minimum Gasteiger partial charge on any atom is -0.180 e. The summed E-state index contributed by atoms with van der Waals surface area (Å²) < 4.78 is 0. The van der Waals surface area contributed by atoms with Crippen molar-refractivity contribution in [2.75, 3.05) is 0 Å². The van der Waals surface area contributed by atoms with Gasteiger partial charge >= 0.3 is 17.1 Å². The molecule has 2 radical (unpaired) electrons. The van der Waals surface area contributed by atoms with Crippen molar-refractivity contribution >= 4 is 18.9 Å². The van der Waals surface area contributed by atoms with E-state index < -0.39 is 0 Å². The molecule has 0 aliphatic rings. The number of hydrogen-bond donors (Lipinski definition) is 0. The van der Waals surface area contributed by atoms with E-state index in [1.54, 1.807) is 0 Å². The molecule has 0 saturated carbocycles. The molecule has 0 spiro atoms. The minimum absolute atomic E-state index is 0. The van der Waals surface area contributed by atoms with Crippen molar-refractivity contribution in [1.82, 2.24) is 0 Å². The zero-order valence-corrected chi connectivity index (χ0v) is 12.7. The summed E-state index contributed by atoms with van der Waals surface area (Å²) in [5, 5.41) is 0. The largest absolute Gasteiger partial charge is 2.00 e. The zero-order valence-electron chi connectivity index (χ0n) is 11.8. The molecule has 0 bridgehead atoms. The van der Waals surface area contributed by atoms with Gasteiger partial charge in [-0.1, -0.05) is 27.7 Å². The van der Waals surface area contributed by atoms with Gasteiger partial charge in [-0.15, -0.1) is 0 Å². The van der Waals surface area contributed by atoms with Crippen molar-refractivity contribution in [3.63, 3.8) is 0 Å². The second-order valence-electron chi connectivity index (χ2n) is 3.96. The van der Waals surface area contributed by atoms with Gasteiger partial charge in [0.15, 0.2) is 0 Å². The molecule has 0 N–H and O–H groups in total. The van der Waals surface area contributed by atoms with Crippen LogP contribution in [-0.4, -0.2) is 18.9 Å². The van der Waals surface area contributed by atoms with Crippen LogP contribution in [-0.2, 0) is 17.1 Å². The van der Waals surface area contributed by atoms with Crippen LogP contribution in [0.1, 0.15) is 22.3 Å². The van der Waals surface area contributed by atoms with Crippen LogP contribution in [0, 0.1) is 39.8 Å². The van der Waals surface area contributed by atoms with E-state index in [9.17, 15) is 0 Å². The molecule has 0 amide bonds. The Balaban J connectivity index is 0. The van der Waals surface area contributed by atoms with Crippen LogP contribution in [0.3, 0.4) is 0 Å². The van der Waals surface area contributed by atoms with Gasteiger partial charge in [0.25, 0.3) is 0 Å². The molecule has 18 heavy (non-hydrogen) atoms. The van der Waals surface area contributed by atoms with E-state index >= 15 is 0 Å². The average Bonchev–Trinajstić information content (AvgIpc) is 2.28. The summed E-state index contributed by atoms with van der Waals surface area (Å²) >= 11 is 0. The predicted molar refractivity (Wildman–Crippen MR) is 75.3 cm³/mol. The van der Waals surface area contributed by atoms with E-state index in [4.69, 9.17) is 0 Å². The predicted octanol–water partition coefficient (Wildman–Crippen LogP) is 3.82. The normalized spacial score (nSPS) is 8.22. The van der Waals surface area contributed by atoms with Crippen LogP contribution < -0.4 is 0 Å². The summed E-state index contributed by atoms with van der Waals surface area (Å²) in [6.45, 7) is 8.31. The fourth-order valence-corrected chi connectivity index (χ4v) is 1.21. The van der Waals surface area contributed by atoms with Gasteiger partial charge in [-0.05, 0) is 0 Å². The molecule has 0 aromatic heterocycles. The Bertz CT molecular complexity index is 367. The molecule has 2 heteroatoms. The third-order valence-corrected chi connectivity index (χ3v) is 2.67. The Morgan fingerprint density at radius 1 is 0.722 bits per heavy atom. The Morgan fingerprint density at radius 3 is 1.22 bits per heavy atom. The molecule has 0 unspecified atom stereocenters. The van der Waals surface area contributed by atoms with E-state index in [1.807, 2.05) is 24.3 Å². The molecular formula is C16H18CuLi.